The van der Waals surface area contributed by atoms with Gasteiger partial charge in [0, 0.05) is 16.6 Å². The van der Waals surface area contributed by atoms with Gasteiger partial charge in [0.1, 0.15) is 5.01 Å². The van der Waals surface area contributed by atoms with Gasteiger partial charge in [-0.05, 0) is 24.1 Å². The quantitative estimate of drug-likeness (QED) is 0.627. The maximum atomic E-state index is 12.0. The van der Waals surface area contributed by atoms with E-state index in [0.29, 0.717) is 11.4 Å². The van der Waals surface area contributed by atoms with Gasteiger partial charge in [-0.3, -0.25) is 9.59 Å². The molecule has 0 aliphatic rings. The van der Waals surface area contributed by atoms with Crippen LogP contribution in [0.3, 0.4) is 0 Å². The number of anilines is 1. The number of ether oxygens (including phenoxy) is 1. The summed E-state index contributed by atoms with van der Waals surface area (Å²) in [7, 11) is 0. The van der Waals surface area contributed by atoms with Crippen molar-refractivity contribution in [3.8, 4) is 10.6 Å². The van der Waals surface area contributed by atoms with Crippen LogP contribution in [-0.2, 0) is 27.2 Å². The van der Waals surface area contributed by atoms with E-state index in [0.717, 1.165) is 17.0 Å². The molecule has 0 spiro atoms. The van der Waals surface area contributed by atoms with Crippen LogP contribution in [0.4, 0.5) is 5.69 Å². The van der Waals surface area contributed by atoms with Crippen molar-refractivity contribution in [3.63, 3.8) is 0 Å². The molecule has 0 atom stereocenters. The third-order valence-corrected chi connectivity index (χ3v) is 4.85. The smallest absolute Gasteiger partial charge is 0.312 e. The summed E-state index contributed by atoms with van der Waals surface area (Å²) < 4.78 is 5.04. The number of nitrogens with zero attached hydrogens (tertiary/aromatic N) is 1. The van der Waals surface area contributed by atoms with Crippen LogP contribution in [-0.4, -0.2) is 23.5 Å². The molecule has 27 heavy (non-hydrogen) atoms. The van der Waals surface area contributed by atoms with Gasteiger partial charge in [0.25, 0.3) is 5.91 Å². The molecular formula is C21H20N2O3S. The first-order valence-corrected chi connectivity index (χ1v) is 9.56. The number of carbonyl (C=O) groups is 2. The fraction of sp³-hybridized carbons (Fsp3) is 0.190. The molecule has 0 aliphatic heterocycles. The average Bonchev–Trinajstić information content (AvgIpc) is 3.15. The van der Waals surface area contributed by atoms with Gasteiger partial charge in [-0.15, -0.1) is 11.3 Å². The molecule has 0 saturated heterocycles. The lowest BCUT2D eigenvalue weighted by Gasteiger charge is -2.05. The van der Waals surface area contributed by atoms with Crippen molar-refractivity contribution in [2.75, 3.05) is 11.9 Å². The Morgan fingerprint density at radius 3 is 2.52 bits per heavy atom. The number of hydrogen-bond acceptors (Lipinski definition) is 5. The molecule has 0 radical (unpaired) electrons. The van der Waals surface area contributed by atoms with Crippen molar-refractivity contribution in [1.82, 2.24) is 4.98 Å². The van der Waals surface area contributed by atoms with E-state index >= 15 is 0 Å². The van der Waals surface area contributed by atoms with Crippen molar-refractivity contribution >= 4 is 28.9 Å². The Labute approximate surface area is 162 Å². The van der Waals surface area contributed by atoms with Crippen molar-refractivity contribution in [3.05, 3.63) is 71.2 Å². The SMILES string of the molecule is CCc1ccc(-c2nc(CC(=O)OCC(=O)Nc3ccccc3)cs2)cc1. The highest BCUT2D eigenvalue weighted by Gasteiger charge is 2.12. The summed E-state index contributed by atoms with van der Waals surface area (Å²) in [4.78, 5) is 28.3. The van der Waals surface area contributed by atoms with Crippen LogP contribution >= 0.6 is 11.3 Å². The van der Waals surface area contributed by atoms with E-state index in [1.54, 1.807) is 12.1 Å². The molecule has 6 heteroatoms. The maximum Gasteiger partial charge on any atom is 0.312 e. The number of aryl methyl sites for hydroxylation is 1. The van der Waals surface area contributed by atoms with E-state index in [1.807, 2.05) is 35.7 Å². The number of amides is 1. The summed E-state index contributed by atoms with van der Waals surface area (Å²) in [6, 6.07) is 17.3. The van der Waals surface area contributed by atoms with Crippen molar-refractivity contribution < 1.29 is 14.3 Å². The minimum atomic E-state index is -0.476. The second-order valence-electron chi connectivity index (χ2n) is 5.95. The second-order valence-corrected chi connectivity index (χ2v) is 6.80. The average molecular weight is 380 g/mol. The van der Waals surface area contributed by atoms with Gasteiger partial charge in [-0.2, -0.15) is 0 Å². The Balaban J connectivity index is 1.49. The third kappa shape index (κ3) is 5.49. The fourth-order valence-electron chi connectivity index (χ4n) is 2.47. The molecule has 1 heterocycles. The normalized spacial score (nSPS) is 10.4. The van der Waals surface area contributed by atoms with Crippen LogP contribution in [0.15, 0.2) is 60.0 Å². The van der Waals surface area contributed by atoms with Gasteiger partial charge in [0.15, 0.2) is 6.61 Å². The van der Waals surface area contributed by atoms with Crippen LogP contribution < -0.4 is 5.32 Å². The van der Waals surface area contributed by atoms with Crippen molar-refractivity contribution in [1.29, 1.82) is 0 Å². The first-order valence-electron chi connectivity index (χ1n) is 8.68. The largest absolute Gasteiger partial charge is 0.455 e. The maximum absolute atomic E-state index is 12.0. The van der Waals surface area contributed by atoms with Gasteiger partial charge < -0.3 is 10.1 Å². The van der Waals surface area contributed by atoms with E-state index in [2.05, 4.69) is 29.4 Å². The summed E-state index contributed by atoms with van der Waals surface area (Å²) in [6.45, 7) is 1.80. The molecule has 0 saturated carbocycles. The van der Waals surface area contributed by atoms with E-state index in [-0.39, 0.29) is 18.9 Å². The lowest BCUT2D eigenvalue weighted by molar-refractivity contribution is -0.146. The summed E-state index contributed by atoms with van der Waals surface area (Å²) in [5.41, 5.74) is 3.60. The number of para-hydroxylation sites is 1. The van der Waals surface area contributed by atoms with Gasteiger partial charge in [-0.25, -0.2) is 4.98 Å². The molecular weight excluding hydrogens is 360 g/mol. The zero-order valence-electron chi connectivity index (χ0n) is 15.0. The molecule has 3 aromatic rings. The first-order chi connectivity index (χ1) is 13.1. The van der Waals surface area contributed by atoms with Crippen LogP contribution in [0.5, 0.6) is 0 Å². The van der Waals surface area contributed by atoms with Crippen molar-refractivity contribution in [2.45, 2.75) is 19.8 Å². The predicted molar refractivity (Wildman–Crippen MR) is 107 cm³/mol. The van der Waals surface area contributed by atoms with Crippen LogP contribution in [0.1, 0.15) is 18.2 Å². The van der Waals surface area contributed by atoms with Gasteiger partial charge in [0.05, 0.1) is 12.1 Å². The number of nitrogens with one attached hydrogen (secondary N) is 1. The molecule has 0 fully saturated rings. The predicted octanol–water partition coefficient (Wildman–Crippen LogP) is 4.10. The molecule has 2 aromatic carbocycles. The minimum absolute atomic E-state index is 0.0438. The number of esters is 1. The summed E-state index contributed by atoms with van der Waals surface area (Å²) in [5.74, 6) is -0.846. The van der Waals surface area contributed by atoms with Gasteiger partial charge in [-0.1, -0.05) is 49.4 Å². The van der Waals surface area contributed by atoms with Crippen LogP contribution in [0, 0.1) is 0 Å². The topological polar surface area (TPSA) is 68.3 Å². The molecule has 1 N–H and O–H groups in total. The Morgan fingerprint density at radius 2 is 1.81 bits per heavy atom. The zero-order chi connectivity index (χ0) is 19.1. The Morgan fingerprint density at radius 1 is 1.07 bits per heavy atom. The third-order valence-electron chi connectivity index (χ3n) is 3.91. The Hall–Kier alpha value is -2.99. The number of thiazole rings is 1. The molecule has 0 aliphatic carbocycles. The Bertz CT molecular complexity index is 905. The number of benzene rings is 2. The molecule has 0 unspecified atom stereocenters. The lowest BCUT2D eigenvalue weighted by atomic mass is 10.1. The molecule has 5 nitrogen and oxygen atoms in total. The van der Waals surface area contributed by atoms with Gasteiger partial charge >= 0.3 is 5.97 Å². The first kappa shape index (κ1) is 18.8. The van der Waals surface area contributed by atoms with E-state index in [9.17, 15) is 9.59 Å². The van der Waals surface area contributed by atoms with Gasteiger partial charge in [0.2, 0.25) is 0 Å². The number of hydrogen-bond donors (Lipinski definition) is 1. The number of rotatable bonds is 7. The monoisotopic (exact) mass is 380 g/mol. The number of aromatic nitrogens is 1. The molecule has 1 aromatic heterocycles. The highest BCUT2D eigenvalue weighted by atomic mass is 32.1. The molecule has 138 valence electrons. The zero-order valence-corrected chi connectivity index (χ0v) is 15.8. The standard InChI is InChI=1S/C21H20N2O3S/c1-2-15-8-10-16(11-9-15)21-23-18(14-27-21)12-20(25)26-13-19(24)22-17-6-4-3-5-7-17/h3-11,14H,2,12-13H2,1H3,(H,22,24). The fourth-order valence-corrected chi connectivity index (χ4v) is 3.29. The lowest BCUT2D eigenvalue weighted by Crippen LogP contribution is -2.21. The van der Waals surface area contributed by atoms with Crippen molar-refractivity contribution in [2.24, 2.45) is 0 Å². The van der Waals surface area contributed by atoms with E-state index in [1.165, 1.54) is 16.9 Å². The second kappa shape index (κ2) is 9.09. The summed E-state index contributed by atoms with van der Waals surface area (Å²) >= 11 is 1.49. The Kier molecular flexibility index (Phi) is 6.33. The highest BCUT2D eigenvalue weighted by molar-refractivity contribution is 7.13. The van der Waals surface area contributed by atoms with Crippen LogP contribution in [0.2, 0.25) is 0 Å². The molecule has 3 rings (SSSR count). The van der Waals surface area contributed by atoms with E-state index < -0.39 is 5.97 Å². The van der Waals surface area contributed by atoms with Crippen LogP contribution in [0.25, 0.3) is 10.6 Å². The summed E-state index contributed by atoms with van der Waals surface area (Å²) in [5, 5.41) is 5.37. The minimum Gasteiger partial charge on any atom is -0.455 e. The van der Waals surface area contributed by atoms with E-state index in [4.69, 9.17) is 4.74 Å². The molecule has 1 amide bonds. The summed E-state index contributed by atoms with van der Waals surface area (Å²) in [6.07, 6.45) is 1.04. The number of carbonyl (C=O) groups excluding carboxylic acids is 2. The highest BCUT2D eigenvalue weighted by Crippen LogP contribution is 2.24. The molecule has 0 bridgehead atoms.